The number of hydrogen-bond acceptors (Lipinski definition) is 3. The minimum Gasteiger partial charge on any atom is -0.322 e. The van der Waals surface area contributed by atoms with Crippen molar-refractivity contribution in [2.75, 3.05) is 0 Å². The second-order valence-electron chi connectivity index (χ2n) is 4.23. The van der Waals surface area contributed by atoms with Gasteiger partial charge in [0.1, 0.15) is 6.33 Å². The number of aromatic nitrogens is 3. The van der Waals surface area contributed by atoms with E-state index < -0.39 is 0 Å². The number of aryl methyl sites for hydroxylation is 2. The molecule has 2 aromatic rings. The van der Waals surface area contributed by atoms with Crippen LogP contribution < -0.4 is 11.4 Å². The lowest BCUT2D eigenvalue weighted by Gasteiger charge is -2.11. The molecule has 2 N–H and O–H groups in total. The summed E-state index contributed by atoms with van der Waals surface area (Å²) in [5, 5.41) is 3.99. The van der Waals surface area contributed by atoms with Crippen molar-refractivity contribution in [3.63, 3.8) is 0 Å². The molecule has 17 heavy (non-hydrogen) atoms. The third-order valence-electron chi connectivity index (χ3n) is 2.73. The van der Waals surface area contributed by atoms with Crippen LogP contribution in [0.3, 0.4) is 0 Å². The van der Waals surface area contributed by atoms with Crippen LogP contribution in [0.25, 0.3) is 0 Å². The third kappa shape index (κ3) is 2.45. The summed E-state index contributed by atoms with van der Waals surface area (Å²) in [6.45, 7) is 2.41. The van der Waals surface area contributed by atoms with E-state index in [1.165, 1.54) is 15.6 Å². The Balaban J connectivity index is 2.20. The second-order valence-corrected chi connectivity index (χ2v) is 4.23. The van der Waals surface area contributed by atoms with E-state index >= 15 is 0 Å². The molecule has 0 aliphatic rings. The molecule has 0 amide bonds. The first kappa shape index (κ1) is 11.6. The molecule has 5 heteroatoms. The summed E-state index contributed by atoms with van der Waals surface area (Å²) in [5.41, 5.74) is 8.09. The first-order valence-corrected chi connectivity index (χ1v) is 5.48. The van der Waals surface area contributed by atoms with Crippen molar-refractivity contribution in [2.45, 2.75) is 19.5 Å². The van der Waals surface area contributed by atoms with Crippen LogP contribution in [-0.2, 0) is 13.6 Å². The molecule has 1 heterocycles. The Bertz CT molecular complexity index is 570. The quantitative estimate of drug-likeness (QED) is 0.842. The summed E-state index contributed by atoms with van der Waals surface area (Å²) >= 11 is 0. The van der Waals surface area contributed by atoms with Crippen LogP contribution >= 0.6 is 0 Å². The fraction of sp³-hybridized carbons (Fsp3) is 0.333. The molecule has 5 nitrogen and oxygen atoms in total. The van der Waals surface area contributed by atoms with Gasteiger partial charge in [-0.2, -0.15) is 5.10 Å². The predicted molar refractivity (Wildman–Crippen MR) is 65.6 cm³/mol. The van der Waals surface area contributed by atoms with Gasteiger partial charge < -0.3 is 5.73 Å². The lowest BCUT2D eigenvalue weighted by atomic mass is 10.1. The van der Waals surface area contributed by atoms with Gasteiger partial charge in [-0.25, -0.2) is 9.48 Å². The van der Waals surface area contributed by atoms with E-state index in [2.05, 4.69) is 5.10 Å². The maximum atomic E-state index is 11.6. The number of benzene rings is 1. The van der Waals surface area contributed by atoms with Crippen LogP contribution in [0.2, 0.25) is 0 Å². The zero-order chi connectivity index (χ0) is 12.4. The van der Waals surface area contributed by atoms with Gasteiger partial charge in [-0.05, 0) is 12.5 Å². The van der Waals surface area contributed by atoms with Gasteiger partial charge in [-0.3, -0.25) is 4.57 Å². The summed E-state index contributed by atoms with van der Waals surface area (Å²) < 4.78 is 2.82. The molecule has 0 spiro atoms. The molecule has 1 aromatic heterocycles. The summed E-state index contributed by atoms with van der Waals surface area (Å²) in [5.74, 6) is 0. The van der Waals surface area contributed by atoms with Gasteiger partial charge in [0.05, 0.1) is 6.54 Å². The SMILES string of the molecule is Cc1cccc(C(N)Cn2ncn(C)c2=O)c1. The van der Waals surface area contributed by atoms with E-state index in [-0.39, 0.29) is 11.7 Å². The minimum absolute atomic E-state index is 0.145. The zero-order valence-electron chi connectivity index (χ0n) is 10.00. The molecular weight excluding hydrogens is 216 g/mol. The average Bonchev–Trinajstić information content (AvgIpc) is 2.61. The third-order valence-corrected chi connectivity index (χ3v) is 2.73. The Morgan fingerprint density at radius 3 is 2.82 bits per heavy atom. The highest BCUT2D eigenvalue weighted by atomic mass is 16.2. The number of hydrogen-bond donors (Lipinski definition) is 1. The zero-order valence-corrected chi connectivity index (χ0v) is 10.00. The highest BCUT2D eigenvalue weighted by Crippen LogP contribution is 2.12. The molecule has 2 rings (SSSR count). The fourth-order valence-electron chi connectivity index (χ4n) is 1.74. The number of nitrogens with zero attached hydrogens (tertiary/aromatic N) is 3. The van der Waals surface area contributed by atoms with E-state index in [4.69, 9.17) is 5.73 Å². The Morgan fingerprint density at radius 2 is 2.24 bits per heavy atom. The summed E-state index contributed by atoms with van der Waals surface area (Å²) in [7, 11) is 1.67. The second kappa shape index (κ2) is 4.55. The van der Waals surface area contributed by atoms with Gasteiger partial charge >= 0.3 is 5.69 Å². The molecule has 0 saturated carbocycles. The first-order chi connectivity index (χ1) is 8.08. The summed E-state index contributed by atoms with van der Waals surface area (Å²) in [6.07, 6.45) is 1.49. The Labute approximate surface area is 99.5 Å². The van der Waals surface area contributed by atoms with Crippen molar-refractivity contribution < 1.29 is 0 Å². The molecule has 1 unspecified atom stereocenters. The van der Waals surface area contributed by atoms with Crippen molar-refractivity contribution >= 4 is 0 Å². The smallest absolute Gasteiger partial charge is 0.322 e. The van der Waals surface area contributed by atoms with Gasteiger partial charge in [0, 0.05) is 13.1 Å². The molecule has 1 aromatic carbocycles. The number of nitrogens with two attached hydrogens (primary N) is 1. The van der Waals surface area contributed by atoms with E-state index in [1.807, 2.05) is 31.2 Å². The molecule has 0 bridgehead atoms. The van der Waals surface area contributed by atoms with E-state index in [0.717, 1.165) is 11.1 Å². The lowest BCUT2D eigenvalue weighted by molar-refractivity contribution is 0.508. The van der Waals surface area contributed by atoms with Crippen molar-refractivity contribution in [2.24, 2.45) is 12.8 Å². The molecule has 0 aliphatic heterocycles. The topological polar surface area (TPSA) is 65.8 Å². The first-order valence-electron chi connectivity index (χ1n) is 5.48. The van der Waals surface area contributed by atoms with Gasteiger partial charge in [0.2, 0.25) is 0 Å². The van der Waals surface area contributed by atoms with Gasteiger partial charge in [0.25, 0.3) is 0 Å². The molecule has 1 atom stereocenters. The maximum absolute atomic E-state index is 11.6. The lowest BCUT2D eigenvalue weighted by Crippen LogP contribution is -2.28. The molecule has 0 saturated heterocycles. The van der Waals surface area contributed by atoms with Gasteiger partial charge in [-0.15, -0.1) is 0 Å². The van der Waals surface area contributed by atoms with Gasteiger partial charge in [-0.1, -0.05) is 29.8 Å². The normalized spacial score (nSPS) is 12.6. The number of rotatable bonds is 3. The van der Waals surface area contributed by atoms with Crippen LogP contribution in [0.15, 0.2) is 35.4 Å². The summed E-state index contributed by atoms with van der Waals surface area (Å²) in [4.78, 5) is 11.6. The Hall–Kier alpha value is -1.88. The Morgan fingerprint density at radius 1 is 1.47 bits per heavy atom. The standard InChI is InChI=1S/C12H16N4O/c1-9-4-3-5-10(6-9)11(13)7-16-12(17)15(2)8-14-16/h3-6,8,11H,7,13H2,1-2H3. The average molecular weight is 232 g/mol. The molecule has 0 fully saturated rings. The highest BCUT2D eigenvalue weighted by Gasteiger charge is 2.10. The van der Waals surface area contributed by atoms with Crippen molar-refractivity contribution in [1.29, 1.82) is 0 Å². The van der Waals surface area contributed by atoms with Crippen molar-refractivity contribution in [1.82, 2.24) is 14.3 Å². The van der Waals surface area contributed by atoms with Crippen LogP contribution in [0, 0.1) is 6.92 Å². The molecule has 0 aliphatic carbocycles. The van der Waals surface area contributed by atoms with Crippen LogP contribution in [0.5, 0.6) is 0 Å². The summed E-state index contributed by atoms with van der Waals surface area (Å²) in [6, 6.07) is 7.75. The molecule has 90 valence electrons. The van der Waals surface area contributed by atoms with Crippen LogP contribution in [-0.4, -0.2) is 14.3 Å². The fourth-order valence-corrected chi connectivity index (χ4v) is 1.74. The van der Waals surface area contributed by atoms with Gasteiger partial charge in [0.15, 0.2) is 0 Å². The van der Waals surface area contributed by atoms with Crippen molar-refractivity contribution in [3.8, 4) is 0 Å². The van der Waals surface area contributed by atoms with Crippen LogP contribution in [0.4, 0.5) is 0 Å². The van der Waals surface area contributed by atoms with E-state index in [0.29, 0.717) is 6.54 Å². The van der Waals surface area contributed by atoms with E-state index in [1.54, 1.807) is 7.05 Å². The monoisotopic (exact) mass is 232 g/mol. The Kier molecular flexibility index (Phi) is 3.10. The van der Waals surface area contributed by atoms with E-state index in [9.17, 15) is 4.79 Å². The highest BCUT2D eigenvalue weighted by molar-refractivity contribution is 5.24. The largest absolute Gasteiger partial charge is 0.345 e. The maximum Gasteiger partial charge on any atom is 0.345 e. The molecular formula is C12H16N4O. The molecule has 0 radical (unpaired) electrons. The van der Waals surface area contributed by atoms with Crippen molar-refractivity contribution in [3.05, 3.63) is 52.2 Å². The minimum atomic E-state index is -0.220. The van der Waals surface area contributed by atoms with Crippen LogP contribution in [0.1, 0.15) is 17.2 Å². The predicted octanol–water partition coefficient (Wildman–Crippen LogP) is 0.590.